The Morgan fingerprint density at radius 2 is 2.00 bits per heavy atom. The molecular formula is C9H19O. The number of rotatable bonds is 6. The van der Waals surface area contributed by atoms with Crippen molar-refractivity contribution in [2.75, 3.05) is 0 Å². The molecule has 0 amide bonds. The summed E-state index contributed by atoms with van der Waals surface area (Å²) in [6.07, 6.45) is 6.33. The number of unbranched alkanes of at least 4 members (excludes halogenated alkanes) is 3. The number of aliphatic hydroxyl groups is 1. The summed E-state index contributed by atoms with van der Waals surface area (Å²) < 4.78 is 0. The summed E-state index contributed by atoms with van der Waals surface area (Å²) in [5, 5.41) is 8.57. The molecule has 61 valence electrons. The molecule has 1 radical (unpaired) electrons. The van der Waals surface area contributed by atoms with Crippen LogP contribution in [-0.2, 0) is 0 Å². The van der Waals surface area contributed by atoms with Crippen LogP contribution < -0.4 is 0 Å². The molecule has 1 nitrogen and oxygen atoms in total. The smallest absolute Gasteiger partial charge is 0.0827 e. The third-order valence-corrected chi connectivity index (χ3v) is 1.77. The standard InChI is InChI=1S/C9H19O/c1-3-4-5-6-7-9(2)8-10/h8-10H,3-7H2,1-2H3. The molecule has 1 unspecified atom stereocenters. The molecule has 0 spiro atoms. The second kappa shape index (κ2) is 7.07. The van der Waals surface area contributed by atoms with Crippen molar-refractivity contribution in [1.82, 2.24) is 0 Å². The molecule has 0 heterocycles. The fourth-order valence-electron chi connectivity index (χ4n) is 0.968. The number of hydrogen-bond donors (Lipinski definition) is 1. The van der Waals surface area contributed by atoms with Crippen molar-refractivity contribution < 1.29 is 5.11 Å². The maximum atomic E-state index is 8.57. The van der Waals surface area contributed by atoms with Gasteiger partial charge in [0.15, 0.2) is 0 Å². The minimum atomic E-state index is 0.386. The molecule has 0 bridgehead atoms. The molecule has 0 aromatic rings. The fraction of sp³-hybridized carbons (Fsp3) is 0.889. The topological polar surface area (TPSA) is 20.2 Å². The summed E-state index contributed by atoms with van der Waals surface area (Å²) in [6.45, 7) is 5.56. The van der Waals surface area contributed by atoms with Gasteiger partial charge in [-0.3, -0.25) is 0 Å². The molecule has 0 aromatic carbocycles. The third kappa shape index (κ3) is 6.09. The molecule has 1 N–H and O–H groups in total. The summed E-state index contributed by atoms with van der Waals surface area (Å²) in [5.41, 5.74) is 0. The first-order valence-corrected chi connectivity index (χ1v) is 4.28. The van der Waals surface area contributed by atoms with Gasteiger partial charge in [0.2, 0.25) is 0 Å². The zero-order valence-electron chi connectivity index (χ0n) is 7.14. The van der Waals surface area contributed by atoms with Gasteiger partial charge in [-0.25, -0.2) is 0 Å². The highest BCUT2D eigenvalue weighted by Gasteiger charge is 1.98. The van der Waals surface area contributed by atoms with Gasteiger partial charge in [0.05, 0.1) is 6.61 Å². The first-order chi connectivity index (χ1) is 4.81. The van der Waals surface area contributed by atoms with Crippen molar-refractivity contribution in [1.29, 1.82) is 0 Å². The van der Waals surface area contributed by atoms with E-state index < -0.39 is 0 Å². The Kier molecular flexibility index (Phi) is 7.04. The summed E-state index contributed by atoms with van der Waals surface area (Å²) in [6, 6.07) is 0. The van der Waals surface area contributed by atoms with E-state index in [4.69, 9.17) is 5.11 Å². The molecule has 0 saturated heterocycles. The Morgan fingerprint density at radius 1 is 1.30 bits per heavy atom. The van der Waals surface area contributed by atoms with E-state index in [0.717, 1.165) is 6.42 Å². The van der Waals surface area contributed by atoms with Gasteiger partial charge in [-0.2, -0.15) is 0 Å². The number of aliphatic hydroxyl groups excluding tert-OH is 1. The van der Waals surface area contributed by atoms with Crippen LogP contribution in [0.1, 0.15) is 46.0 Å². The maximum absolute atomic E-state index is 8.57. The molecule has 0 saturated carbocycles. The average Bonchev–Trinajstić information content (AvgIpc) is 1.98. The van der Waals surface area contributed by atoms with Crippen LogP contribution in [-0.4, -0.2) is 5.11 Å². The SMILES string of the molecule is CCCCCCC(C)[CH]O. The van der Waals surface area contributed by atoms with Crippen LogP contribution >= 0.6 is 0 Å². The maximum Gasteiger partial charge on any atom is 0.0827 e. The highest BCUT2D eigenvalue weighted by molar-refractivity contribution is 4.59. The van der Waals surface area contributed by atoms with E-state index in [2.05, 4.69) is 6.92 Å². The van der Waals surface area contributed by atoms with Gasteiger partial charge in [0, 0.05) is 0 Å². The summed E-state index contributed by atoms with van der Waals surface area (Å²) >= 11 is 0. The summed E-state index contributed by atoms with van der Waals surface area (Å²) in [4.78, 5) is 0. The van der Waals surface area contributed by atoms with Gasteiger partial charge in [0.25, 0.3) is 0 Å². The van der Waals surface area contributed by atoms with E-state index in [9.17, 15) is 0 Å². The lowest BCUT2D eigenvalue weighted by Crippen LogP contribution is -1.93. The van der Waals surface area contributed by atoms with Gasteiger partial charge < -0.3 is 5.11 Å². The predicted molar refractivity (Wildman–Crippen MR) is 44.2 cm³/mol. The molecule has 1 atom stereocenters. The Hall–Kier alpha value is -0.0400. The van der Waals surface area contributed by atoms with E-state index >= 15 is 0 Å². The van der Waals surface area contributed by atoms with Gasteiger partial charge >= 0.3 is 0 Å². The molecule has 0 aliphatic carbocycles. The van der Waals surface area contributed by atoms with Crippen LogP contribution in [0.4, 0.5) is 0 Å². The van der Waals surface area contributed by atoms with Crippen LogP contribution in [0.25, 0.3) is 0 Å². The first kappa shape index (κ1) is 9.96. The van der Waals surface area contributed by atoms with Crippen LogP contribution in [0.5, 0.6) is 0 Å². The molecular weight excluding hydrogens is 124 g/mol. The molecule has 0 rings (SSSR count). The average molecular weight is 143 g/mol. The lowest BCUT2D eigenvalue weighted by atomic mass is 10.0. The molecule has 10 heavy (non-hydrogen) atoms. The second-order valence-electron chi connectivity index (χ2n) is 2.98. The normalized spacial score (nSPS) is 13.5. The second-order valence-corrected chi connectivity index (χ2v) is 2.98. The van der Waals surface area contributed by atoms with Crippen molar-refractivity contribution >= 4 is 0 Å². The molecule has 0 fully saturated rings. The van der Waals surface area contributed by atoms with Crippen molar-refractivity contribution in [3.05, 3.63) is 6.61 Å². The van der Waals surface area contributed by atoms with Gasteiger partial charge in [0.1, 0.15) is 0 Å². The van der Waals surface area contributed by atoms with Crippen LogP contribution in [0.2, 0.25) is 0 Å². The van der Waals surface area contributed by atoms with Crippen molar-refractivity contribution in [3.63, 3.8) is 0 Å². The zero-order valence-corrected chi connectivity index (χ0v) is 7.14. The van der Waals surface area contributed by atoms with Crippen LogP contribution in [0.3, 0.4) is 0 Å². The monoisotopic (exact) mass is 143 g/mol. The molecule has 0 aliphatic rings. The van der Waals surface area contributed by atoms with Gasteiger partial charge in [-0.15, -0.1) is 0 Å². The largest absolute Gasteiger partial charge is 0.390 e. The molecule has 1 heteroatoms. The predicted octanol–water partition coefficient (Wildman–Crippen LogP) is 3.13. The third-order valence-electron chi connectivity index (χ3n) is 1.77. The van der Waals surface area contributed by atoms with Gasteiger partial charge in [-0.05, 0) is 12.3 Å². The van der Waals surface area contributed by atoms with Crippen molar-refractivity contribution in [3.8, 4) is 0 Å². The highest BCUT2D eigenvalue weighted by atomic mass is 16.3. The van der Waals surface area contributed by atoms with E-state index in [0.29, 0.717) is 5.92 Å². The Labute approximate surface area is 64.5 Å². The van der Waals surface area contributed by atoms with Crippen molar-refractivity contribution in [2.45, 2.75) is 46.0 Å². The van der Waals surface area contributed by atoms with E-state index in [1.54, 1.807) is 0 Å². The molecule has 0 aromatic heterocycles. The van der Waals surface area contributed by atoms with E-state index in [-0.39, 0.29) is 0 Å². The number of hydrogen-bond acceptors (Lipinski definition) is 1. The fourth-order valence-corrected chi connectivity index (χ4v) is 0.968. The highest BCUT2D eigenvalue weighted by Crippen LogP contribution is 2.10. The minimum absolute atomic E-state index is 0.386. The Morgan fingerprint density at radius 3 is 2.50 bits per heavy atom. The molecule has 0 aliphatic heterocycles. The lowest BCUT2D eigenvalue weighted by molar-refractivity contribution is 0.312. The van der Waals surface area contributed by atoms with E-state index in [1.165, 1.54) is 32.3 Å². The quantitative estimate of drug-likeness (QED) is 0.566. The summed E-state index contributed by atoms with van der Waals surface area (Å²) in [7, 11) is 0. The van der Waals surface area contributed by atoms with Crippen LogP contribution in [0.15, 0.2) is 0 Å². The Bertz CT molecular complexity index is 61.7. The van der Waals surface area contributed by atoms with Crippen molar-refractivity contribution in [2.24, 2.45) is 5.92 Å². The zero-order chi connectivity index (χ0) is 7.82. The first-order valence-electron chi connectivity index (χ1n) is 4.28. The van der Waals surface area contributed by atoms with Gasteiger partial charge in [-0.1, -0.05) is 39.5 Å². The lowest BCUT2D eigenvalue weighted by Gasteiger charge is -2.04. The van der Waals surface area contributed by atoms with E-state index in [1.807, 2.05) is 6.92 Å². The van der Waals surface area contributed by atoms with Crippen LogP contribution in [0, 0.1) is 12.5 Å². The minimum Gasteiger partial charge on any atom is -0.390 e. The summed E-state index contributed by atoms with van der Waals surface area (Å²) in [5.74, 6) is 0.386. The Balaban J connectivity index is 2.89.